The second kappa shape index (κ2) is 7.93. The molecule has 1 rings (SSSR count). The first kappa shape index (κ1) is 17.4. The number of carbonyl (C=O) groups excluding carboxylic acids is 2. The summed E-state index contributed by atoms with van der Waals surface area (Å²) in [4.78, 5) is 27.2. The van der Waals surface area contributed by atoms with Gasteiger partial charge < -0.3 is 14.0 Å². The first-order valence-corrected chi connectivity index (χ1v) is 7.10. The largest absolute Gasteiger partial charge is 0.463 e. The Morgan fingerprint density at radius 1 is 1.24 bits per heavy atom. The fourth-order valence-corrected chi connectivity index (χ4v) is 2.01. The lowest BCUT2D eigenvalue weighted by atomic mass is 10.3. The molecule has 1 heterocycles. The van der Waals surface area contributed by atoms with Crippen molar-refractivity contribution in [2.24, 2.45) is 0 Å². The fourth-order valence-electron chi connectivity index (χ4n) is 2.01. The number of hydrogen-bond donors (Lipinski definition) is 0. The summed E-state index contributed by atoms with van der Waals surface area (Å²) in [5.74, 6) is 0.159. The number of ketones is 1. The molecule has 0 aromatic carbocycles. The van der Waals surface area contributed by atoms with Crippen LogP contribution in [0.5, 0.6) is 0 Å². The van der Waals surface area contributed by atoms with Crippen LogP contribution in [0.4, 0.5) is 0 Å². The number of aryl methyl sites for hydroxylation is 2. The van der Waals surface area contributed by atoms with E-state index in [4.69, 9.17) is 9.47 Å². The van der Waals surface area contributed by atoms with Gasteiger partial charge in [-0.1, -0.05) is 0 Å². The zero-order valence-electron chi connectivity index (χ0n) is 13.4. The van der Waals surface area contributed by atoms with Gasteiger partial charge in [0, 0.05) is 12.2 Å². The Labute approximate surface area is 125 Å². The lowest BCUT2D eigenvalue weighted by molar-refractivity contribution is -0.150. The van der Waals surface area contributed by atoms with Gasteiger partial charge in [0.05, 0.1) is 18.4 Å². The zero-order chi connectivity index (χ0) is 16.0. The second-order valence-corrected chi connectivity index (χ2v) is 5.29. The number of carbonyl (C=O) groups is 2. The molecule has 0 fully saturated rings. The number of esters is 1. The average Bonchev–Trinajstić information content (AvgIpc) is 2.59. The smallest absolute Gasteiger partial charge is 0.313 e. The minimum atomic E-state index is -0.504. The van der Waals surface area contributed by atoms with Crippen molar-refractivity contribution in [2.45, 2.75) is 53.7 Å². The van der Waals surface area contributed by atoms with Crippen LogP contribution >= 0.6 is 0 Å². The Morgan fingerprint density at radius 3 is 2.43 bits per heavy atom. The fraction of sp³-hybridized carbons (Fsp3) is 0.667. The van der Waals surface area contributed by atoms with Crippen molar-refractivity contribution in [3.63, 3.8) is 0 Å². The Balaban J connectivity index is 2.28. The molecule has 0 N–H and O–H groups in total. The molecule has 6 heteroatoms. The highest BCUT2D eigenvalue weighted by Gasteiger charge is 2.12. The first-order chi connectivity index (χ1) is 9.81. The molecule has 0 bridgehead atoms. The third kappa shape index (κ3) is 5.67. The molecule has 0 amide bonds. The van der Waals surface area contributed by atoms with Crippen LogP contribution in [0.3, 0.4) is 0 Å². The molecular formula is C15H24N2O4. The molecule has 0 unspecified atom stereocenters. The maximum atomic E-state index is 11.5. The normalized spacial score (nSPS) is 11.0. The van der Waals surface area contributed by atoms with Gasteiger partial charge in [0.2, 0.25) is 0 Å². The highest BCUT2D eigenvalue weighted by atomic mass is 16.5. The van der Waals surface area contributed by atoms with Crippen molar-refractivity contribution >= 4 is 11.8 Å². The molecule has 1 aromatic heterocycles. The van der Waals surface area contributed by atoms with E-state index in [2.05, 4.69) is 4.98 Å². The SMILES string of the molecule is Cc1nc(C)n(CCOCC(=O)CC(=O)OC(C)C)c1C. The molecule has 0 atom stereocenters. The van der Waals surface area contributed by atoms with Crippen LogP contribution in [0.25, 0.3) is 0 Å². The van der Waals surface area contributed by atoms with Crippen molar-refractivity contribution in [1.29, 1.82) is 0 Å². The summed E-state index contributed by atoms with van der Waals surface area (Å²) in [5, 5.41) is 0. The molecule has 6 nitrogen and oxygen atoms in total. The summed E-state index contributed by atoms with van der Waals surface area (Å²) in [7, 11) is 0. The average molecular weight is 296 g/mol. The topological polar surface area (TPSA) is 70.4 Å². The van der Waals surface area contributed by atoms with Crippen molar-refractivity contribution in [3.05, 3.63) is 17.2 Å². The number of ether oxygens (including phenoxy) is 2. The van der Waals surface area contributed by atoms with Crippen LogP contribution in [-0.2, 0) is 25.6 Å². The minimum Gasteiger partial charge on any atom is -0.463 e. The van der Waals surface area contributed by atoms with Crippen molar-refractivity contribution in [1.82, 2.24) is 9.55 Å². The Kier molecular flexibility index (Phi) is 6.55. The number of imidazole rings is 1. The van der Waals surface area contributed by atoms with E-state index in [-0.39, 0.29) is 24.9 Å². The summed E-state index contributed by atoms with van der Waals surface area (Å²) in [6.45, 7) is 10.4. The van der Waals surface area contributed by atoms with Crippen LogP contribution in [0.15, 0.2) is 0 Å². The number of aromatic nitrogens is 2. The van der Waals surface area contributed by atoms with E-state index < -0.39 is 5.97 Å². The molecule has 1 aromatic rings. The molecule has 0 aliphatic heterocycles. The van der Waals surface area contributed by atoms with Crippen LogP contribution < -0.4 is 0 Å². The highest BCUT2D eigenvalue weighted by molar-refractivity contribution is 5.96. The summed E-state index contributed by atoms with van der Waals surface area (Å²) in [5.41, 5.74) is 2.10. The monoisotopic (exact) mass is 296 g/mol. The molecule has 21 heavy (non-hydrogen) atoms. The van der Waals surface area contributed by atoms with E-state index >= 15 is 0 Å². The third-order valence-corrected chi connectivity index (χ3v) is 3.08. The maximum Gasteiger partial charge on any atom is 0.313 e. The van der Waals surface area contributed by atoms with E-state index in [1.54, 1.807) is 13.8 Å². The molecule has 0 saturated heterocycles. The van der Waals surface area contributed by atoms with E-state index in [1.807, 2.05) is 25.3 Å². The molecular weight excluding hydrogens is 272 g/mol. The van der Waals surface area contributed by atoms with Gasteiger partial charge in [0.15, 0.2) is 5.78 Å². The highest BCUT2D eigenvalue weighted by Crippen LogP contribution is 2.08. The van der Waals surface area contributed by atoms with E-state index in [9.17, 15) is 9.59 Å². The predicted octanol–water partition coefficient (Wildman–Crippen LogP) is 1.74. The standard InChI is InChI=1S/C15H24N2O4/c1-10(2)21-15(19)8-14(18)9-20-7-6-17-12(4)11(3)16-13(17)5/h10H,6-9H2,1-5H3. The lowest BCUT2D eigenvalue weighted by Crippen LogP contribution is -2.19. The van der Waals surface area contributed by atoms with Gasteiger partial charge >= 0.3 is 5.97 Å². The number of hydrogen-bond acceptors (Lipinski definition) is 5. The summed E-state index contributed by atoms with van der Waals surface area (Å²) < 4.78 is 12.3. The Bertz CT molecular complexity index is 506. The van der Waals surface area contributed by atoms with Gasteiger partial charge in [-0.05, 0) is 34.6 Å². The summed E-state index contributed by atoms with van der Waals surface area (Å²) in [6.07, 6.45) is -0.443. The summed E-state index contributed by atoms with van der Waals surface area (Å²) in [6, 6.07) is 0. The van der Waals surface area contributed by atoms with E-state index in [0.717, 1.165) is 17.2 Å². The maximum absolute atomic E-state index is 11.5. The molecule has 0 spiro atoms. The van der Waals surface area contributed by atoms with Crippen LogP contribution in [-0.4, -0.2) is 40.6 Å². The van der Waals surface area contributed by atoms with Crippen molar-refractivity contribution in [3.8, 4) is 0 Å². The quantitative estimate of drug-likeness (QED) is 0.415. The van der Waals surface area contributed by atoms with Gasteiger partial charge in [-0.3, -0.25) is 9.59 Å². The third-order valence-electron chi connectivity index (χ3n) is 3.08. The molecule has 0 aliphatic rings. The zero-order valence-corrected chi connectivity index (χ0v) is 13.4. The first-order valence-electron chi connectivity index (χ1n) is 7.10. The van der Waals surface area contributed by atoms with Crippen LogP contribution in [0.2, 0.25) is 0 Å². The van der Waals surface area contributed by atoms with Gasteiger partial charge in [-0.15, -0.1) is 0 Å². The van der Waals surface area contributed by atoms with Crippen LogP contribution in [0.1, 0.15) is 37.5 Å². The van der Waals surface area contributed by atoms with E-state index in [1.165, 1.54) is 0 Å². The number of Topliss-reactive ketones (excluding diaryl/α,β-unsaturated/α-hetero) is 1. The van der Waals surface area contributed by atoms with Crippen molar-refractivity contribution in [2.75, 3.05) is 13.2 Å². The lowest BCUT2D eigenvalue weighted by Gasteiger charge is -2.09. The Hall–Kier alpha value is -1.69. The minimum absolute atomic E-state index is 0.0705. The predicted molar refractivity (Wildman–Crippen MR) is 78.1 cm³/mol. The Morgan fingerprint density at radius 2 is 1.90 bits per heavy atom. The molecule has 0 aliphatic carbocycles. The van der Waals surface area contributed by atoms with Gasteiger partial charge in [-0.2, -0.15) is 0 Å². The van der Waals surface area contributed by atoms with Gasteiger partial charge in [0.25, 0.3) is 0 Å². The molecule has 118 valence electrons. The van der Waals surface area contributed by atoms with Crippen molar-refractivity contribution < 1.29 is 19.1 Å². The van der Waals surface area contributed by atoms with Gasteiger partial charge in [-0.25, -0.2) is 4.98 Å². The molecule has 0 saturated carbocycles. The van der Waals surface area contributed by atoms with Gasteiger partial charge in [0.1, 0.15) is 18.9 Å². The summed E-state index contributed by atoms with van der Waals surface area (Å²) >= 11 is 0. The van der Waals surface area contributed by atoms with E-state index in [0.29, 0.717) is 13.2 Å². The number of rotatable bonds is 8. The van der Waals surface area contributed by atoms with Crippen LogP contribution in [0, 0.1) is 20.8 Å². The molecule has 0 radical (unpaired) electrons. The second-order valence-electron chi connectivity index (χ2n) is 5.29. The number of nitrogens with zero attached hydrogens (tertiary/aromatic N) is 2.